The minimum absolute atomic E-state index is 0.811. The largest absolute Gasteiger partial charge is 0.0887 e. The number of hydrogen-bond acceptors (Lipinski definition) is 0. The fraction of sp³-hybridized carbons (Fsp3) is 0.800. The summed E-state index contributed by atoms with van der Waals surface area (Å²) in [7, 11) is 0. The molecule has 0 rings (SSSR count). The van der Waals surface area contributed by atoms with Gasteiger partial charge >= 0.3 is 0 Å². The molecule has 0 spiro atoms. The number of rotatable bonds is 2. The van der Waals surface area contributed by atoms with E-state index in [1.807, 2.05) is 13.8 Å². The third kappa shape index (κ3) is 10.7. The lowest BCUT2D eigenvalue weighted by Gasteiger charge is -2.01. The zero-order valence-corrected chi connectivity index (χ0v) is 8.36. The maximum absolute atomic E-state index is 2.24. The third-order valence-electron chi connectivity index (χ3n) is 1.22. The van der Waals surface area contributed by atoms with Gasteiger partial charge < -0.3 is 0 Å². The van der Waals surface area contributed by atoms with Crippen molar-refractivity contribution in [3.05, 3.63) is 11.6 Å². The Morgan fingerprint density at radius 1 is 1.30 bits per heavy atom. The van der Waals surface area contributed by atoms with Crippen LogP contribution in [0.2, 0.25) is 0 Å². The first-order valence-electron chi connectivity index (χ1n) is 4.28. The van der Waals surface area contributed by atoms with Gasteiger partial charge in [-0.25, -0.2) is 0 Å². The van der Waals surface area contributed by atoms with Crippen molar-refractivity contribution in [3.8, 4) is 0 Å². The quantitative estimate of drug-likeness (QED) is 0.511. The molecule has 0 fully saturated rings. The van der Waals surface area contributed by atoms with Crippen molar-refractivity contribution >= 4 is 0 Å². The van der Waals surface area contributed by atoms with E-state index in [-0.39, 0.29) is 0 Å². The smallest absolute Gasteiger partial charge is 0.0300 e. The maximum Gasteiger partial charge on any atom is -0.0300 e. The summed E-state index contributed by atoms with van der Waals surface area (Å²) in [6.07, 6.45) is 3.43. The number of hydrogen-bond donors (Lipinski definition) is 0. The van der Waals surface area contributed by atoms with E-state index >= 15 is 0 Å². The zero-order chi connectivity index (χ0) is 8.57. The molecule has 0 aliphatic heterocycles. The average molecular weight is 142 g/mol. The summed E-state index contributed by atoms with van der Waals surface area (Å²) in [5, 5.41) is 0. The first kappa shape index (κ1) is 12.4. The van der Waals surface area contributed by atoms with Crippen molar-refractivity contribution in [2.75, 3.05) is 0 Å². The molecule has 62 valence electrons. The first-order valence-corrected chi connectivity index (χ1v) is 4.28. The monoisotopic (exact) mass is 142 g/mol. The van der Waals surface area contributed by atoms with Crippen molar-refractivity contribution in [2.45, 2.75) is 48.0 Å². The summed E-state index contributed by atoms with van der Waals surface area (Å²) in [5.74, 6) is 0.811. The molecule has 0 saturated carbocycles. The van der Waals surface area contributed by atoms with E-state index in [1.165, 1.54) is 12.0 Å². The van der Waals surface area contributed by atoms with Crippen molar-refractivity contribution in [1.82, 2.24) is 0 Å². The summed E-state index contributed by atoms with van der Waals surface area (Å²) in [4.78, 5) is 0. The van der Waals surface area contributed by atoms with Crippen LogP contribution in [0.5, 0.6) is 0 Å². The van der Waals surface area contributed by atoms with Gasteiger partial charge in [-0.05, 0) is 26.2 Å². The van der Waals surface area contributed by atoms with Crippen LogP contribution in [0.25, 0.3) is 0 Å². The van der Waals surface area contributed by atoms with Gasteiger partial charge in [0.05, 0.1) is 0 Å². The van der Waals surface area contributed by atoms with Gasteiger partial charge in [0, 0.05) is 0 Å². The van der Waals surface area contributed by atoms with Crippen LogP contribution in [0.15, 0.2) is 11.6 Å². The second-order valence-corrected chi connectivity index (χ2v) is 2.73. The van der Waals surface area contributed by atoms with Crippen LogP contribution in [0.4, 0.5) is 0 Å². The molecule has 0 aromatic heterocycles. The lowest BCUT2D eigenvalue weighted by atomic mass is 10.0. The van der Waals surface area contributed by atoms with Gasteiger partial charge in [0.25, 0.3) is 0 Å². The molecule has 0 N–H and O–H groups in total. The second kappa shape index (κ2) is 8.74. The van der Waals surface area contributed by atoms with Crippen LogP contribution in [0.1, 0.15) is 48.0 Å². The Bertz CT molecular complexity index is 78.0. The van der Waals surface area contributed by atoms with E-state index in [2.05, 4.69) is 33.8 Å². The molecule has 0 saturated heterocycles. The van der Waals surface area contributed by atoms with E-state index in [0.29, 0.717) is 0 Å². The Hall–Kier alpha value is -0.260. The van der Waals surface area contributed by atoms with Crippen molar-refractivity contribution < 1.29 is 0 Å². The lowest BCUT2D eigenvalue weighted by Crippen LogP contribution is -1.86. The van der Waals surface area contributed by atoms with Crippen LogP contribution in [0, 0.1) is 5.92 Å². The highest BCUT2D eigenvalue weighted by molar-refractivity contribution is 4.95. The molecule has 0 heterocycles. The summed E-state index contributed by atoms with van der Waals surface area (Å²) in [6, 6.07) is 0. The lowest BCUT2D eigenvalue weighted by molar-refractivity contribution is 0.642. The topological polar surface area (TPSA) is 0 Å². The highest BCUT2D eigenvalue weighted by Gasteiger charge is 1.91. The van der Waals surface area contributed by atoms with E-state index in [0.717, 1.165) is 5.92 Å². The van der Waals surface area contributed by atoms with Crippen LogP contribution in [-0.2, 0) is 0 Å². The molecule has 0 radical (unpaired) electrons. The predicted octanol–water partition coefficient (Wildman–Crippen LogP) is 4.02. The molecule has 0 heteroatoms. The van der Waals surface area contributed by atoms with Crippen LogP contribution >= 0.6 is 0 Å². The highest BCUT2D eigenvalue weighted by atomic mass is 14.0. The molecule has 0 bridgehead atoms. The molecule has 0 aliphatic carbocycles. The van der Waals surface area contributed by atoms with Gasteiger partial charge in [0.2, 0.25) is 0 Å². The van der Waals surface area contributed by atoms with Crippen molar-refractivity contribution in [1.29, 1.82) is 0 Å². The summed E-state index contributed by atoms with van der Waals surface area (Å²) < 4.78 is 0. The van der Waals surface area contributed by atoms with Gasteiger partial charge in [-0.15, -0.1) is 0 Å². The van der Waals surface area contributed by atoms with E-state index in [9.17, 15) is 0 Å². The van der Waals surface area contributed by atoms with Gasteiger partial charge in [-0.2, -0.15) is 0 Å². The predicted molar refractivity (Wildman–Crippen MR) is 50.2 cm³/mol. The van der Waals surface area contributed by atoms with E-state index in [1.54, 1.807) is 0 Å². The van der Waals surface area contributed by atoms with E-state index < -0.39 is 0 Å². The Morgan fingerprint density at radius 2 is 1.70 bits per heavy atom. The SMILES string of the molecule is C/C=C(/C)CC(C)C.CC. The fourth-order valence-corrected chi connectivity index (χ4v) is 0.762. The maximum atomic E-state index is 2.24. The normalized spacial score (nSPS) is 10.9. The Kier molecular flexibility index (Phi) is 10.9. The van der Waals surface area contributed by atoms with Gasteiger partial charge in [0.1, 0.15) is 0 Å². The summed E-state index contributed by atoms with van der Waals surface area (Å²) >= 11 is 0. The van der Waals surface area contributed by atoms with Gasteiger partial charge in [0.15, 0.2) is 0 Å². The van der Waals surface area contributed by atoms with Gasteiger partial charge in [-0.3, -0.25) is 0 Å². The Balaban J connectivity index is 0. The molecule has 0 atom stereocenters. The molecule has 0 aliphatic rings. The fourth-order valence-electron chi connectivity index (χ4n) is 0.762. The van der Waals surface area contributed by atoms with Crippen LogP contribution < -0.4 is 0 Å². The average Bonchev–Trinajstić information content (AvgIpc) is 1.91. The van der Waals surface area contributed by atoms with Crippen molar-refractivity contribution in [2.24, 2.45) is 5.92 Å². The third-order valence-corrected chi connectivity index (χ3v) is 1.22. The Labute approximate surface area is 66.3 Å². The molecule has 0 nitrogen and oxygen atoms in total. The van der Waals surface area contributed by atoms with Crippen LogP contribution in [0.3, 0.4) is 0 Å². The summed E-state index contributed by atoms with van der Waals surface area (Å²) in [5.41, 5.74) is 1.50. The van der Waals surface area contributed by atoms with E-state index in [4.69, 9.17) is 0 Å². The zero-order valence-electron chi connectivity index (χ0n) is 8.36. The molecule has 0 unspecified atom stereocenters. The molecular weight excluding hydrogens is 120 g/mol. The molecule has 0 aromatic carbocycles. The highest BCUT2D eigenvalue weighted by Crippen LogP contribution is 2.08. The van der Waals surface area contributed by atoms with Gasteiger partial charge in [-0.1, -0.05) is 39.3 Å². The molecule has 0 aromatic rings. The van der Waals surface area contributed by atoms with Crippen molar-refractivity contribution in [3.63, 3.8) is 0 Å². The van der Waals surface area contributed by atoms with Crippen LogP contribution in [-0.4, -0.2) is 0 Å². The standard InChI is InChI=1S/C8H16.C2H6/c1-5-8(4)6-7(2)3;1-2/h5,7H,6H2,1-4H3;1-2H3/b8-5-;. The number of allylic oxidation sites excluding steroid dienone is 2. The minimum Gasteiger partial charge on any atom is -0.0887 e. The Morgan fingerprint density at radius 3 is 1.80 bits per heavy atom. The first-order chi connectivity index (χ1) is 4.66. The summed E-state index contributed by atoms with van der Waals surface area (Å²) in [6.45, 7) is 12.8. The molecule has 10 heavy (non-hydrogen) atoms. The second-order valence-electron chi connectivity index (χ2n) is 2.73. The molecule has 0 amide bonds. The molecular formula is C10H22. The minimum atomic E-state index is 0.811.